The lowest BCUT2D eigenvalue weighted by Crippen LogP contribution is -2.17. The molecule has 0 aliphatic carbocycles. The predicted molar refractivity (Wildman–Crippen MR) is 95.1 cm³/mol. The number of carbonyl (C=O) groups excluding carboxylic acids is 1. The Morgan fingerprint density at radius 1 is 1.17 bits per heavy atom. The first-order valence-corrected chi connectivity index (χ1v) is 7.83. The van der Waals surface area contributed by atoms with Crippen molar-refractivity contribution in [3.63, 3.8) is 0 Å². The zero-order valence-corrected chi connectivity index (χ0v) is 14.6. The monoisotopic (exact) mass is 323 g/mol. The fourth-order valence-electron chi connectivity index (χ4n) is 3.14. The summed E-state index contributed by atoms with van der Waals surface area (Å²) in [4.78, 5) is 17.4. The van der Waals surface area contributed by atoms with Gasteiger partial charge in [0.15, 0.2) is 11.4 Å². The number of rotatable bonds is 3. The number of fused-ring (bicyclic) bond motifs is 1. The highest BCUT2D eigenvalue weighted by molar-refractivity contribution is 6.05. The number of amides is 1. The van der Waals surface area contributed by atoms with Gasteiger partial charge in [0.2, 0.25) is 0 Å². The number of nitrogens with zero attached hydrogens (tertiary/aromatic N) is 2. The van der Waals surface area contributed by atoms with Gasteiger partial charge in [0.05, 0.1) is 12.8 Å². The number of aryl methyl sites for hydroxylation is 4. The topological polar surface area (TPSA) is 55.6 Å². The number of carbonyl (C=O) groups is 1. The lowest BCUT2D eigenvalue weighted by Gasteiger charge is -2.13. The highest BCUT2D eigenvalue weighted by Gasteiger charge is 2.19. The Hall–Kier alpha value is -2.82. The Balaban J connectivity index is 2.06. The molecule has 5 heteroatoms. The van der Waals surface area contributed by atoms with E-state index in [-0.39, 0.29) is 5.91 Å². The summed E-state index contributed by atoms with van der Waals surface area (Å²) in [7, 11) is 1.60. The molecule has 0 saturated carbocycles. The molecular weight excluding hydrogens is 302 g/mol. The van der Waals surface area contributed by atoms with E-state index in [0.717, 1.165) is 16.8 Å². The molecule has 1 amide bonds. The maximum absolute atomic E-state index is 12.9. The van der Waals surface area contributed by atoms with E-state index in [1.807, 2.05) is 46.0 Å². The fourth-order valence-corrected chi connectivity index (χ4v) is 3.14. The number of aromatic nitrogens is 2. The minimum absolute atomic E-state index is 0.177. The Bertz CT molecular complexity index is 918. The summed E-state index contributed by atoms with van der Waals surface area (Å²) >= 11 is 0. The molecule has 24 heavy (non-hydrogen) atoms. The van der Waals surface area contributed by atoms with Crippen LogP contribution in [-0.2, 0) is 0 Å². The average molecular weight is 323 g/mol. The number of nitrogens with one attached hydrogen (secondary N) is 1. The van der Waals surface area contributed by atoms with E-state index < -0.39 is 0 Å². The van der Waals surface area contributed by atoms with Crippen LogP contribution in [0.2, 0.25) is 0 Å². The van der Waals surface area contributed by atoms with Gasteiger partial charge in [-0.1, -0.05) is 17.7 Å². The molecule has 1 N–H and O–H groups in total. The van der Waals surface area contributed by atoms with Crippen molar-refractivity contribution in [3.8, 4) is 5.75 Å². The highest BCUT2D eigenvalue weighted by atomic mass is 16.5. The van der Waals surface area contributed by atoms with Gasteiger partial charge in [0.25, 0.3) is 5.91 Å². The van der Waals surface area contributed by atoms with Crippen molar-refractivity contribution in [1.82, 2.24) is 9.38 Å². The number of hydrogen-bond donors (Lipinski definition) is 1. The molecule has 0 radical (unpaired) electrons. The number of ether oxygens (including phenoxy) is 1. The third kappa shape index (κ3) is 2.62. The van der Waals surface area contributed by atoms with Crippen LogP contribution in [0, 0.1) is 27.7 Å². The van der Waals surface area contributed by atoms with E-state index in [0.29, 0.717) is 22.8 Å². The summed E-state index contributed by atoms with van der Waals surface area (Å²) in [6.45, 7) is 7.88. The van der Waals surface area contributed by atoms with Crippen LogP contribution in [0.25, 0.3) is 5.65 Å². The number of benzene rings is 1. The van der Waals surface area contributed by atoms with Crippen LogP contribution < -0.4 is 10.1 Å². The van der Waals surface area contributed by atoms with Crippen molar-refractivity contribution >= 4 is 17.2 Å². The van der Waals surface area contributed by atoms with Gasteiger partial charge in [-0.15, -0.1) is 0 Å². The van der Waals surface area contributed by atoms with Crippen LogP contribution in [0.1, 0.15) is 32.9 Å². The third-order valence-corrected chi connectivity index (χ3v) is 4.14. The highest BCUT2D eigenvalue weighted by Crippen LogP contribution is 2.25. The molecule has 0 unspecified atom stereocenters. The van der Waals surface area contributed by atoms with E-state index in [4.69, 9.17) is 4.74 Å². The number of hydrogen-bond acceptors (Lipinski definition) is 3. The van der Waals surface area contributed by atoms with Crippen molar-refractivity contribution in [3.05, 3.63) is 58.5 Å². The van der Waals surface area contributed by atoms with Crippen molar-refractivity contribution < 1.29 is 9.53 Å². The molecule has 3 rings (SSSR count). The van der Waals surface area contributed by atoms with E-state index in [1.54, 1.807) is 11.5 Å². The molecule has 0 bridgehead atoms. The summed E-state index contributed by atoms with van der Waals surface area (Å²) in [5.74, 6) is 0.464. The molecule has 0 aliphatic rings. The molecule has 5 nitrogen and oxygen atoms in total. The second kappa shape index (κ2) is 6.00. The van der Waals surface area contributed by atoms with Crippen LogP contribution in [0.15, 0.2) is 30.5 Å². The van der Waals surface area contributed by atoms with Gasteiger partial charge in [0.1, 0.15) is 5.69 Å². The molecule has 0 spiro atoms. The molecule has 1 aromatic carbocycles. The lowest BCUT2D eigenvalue weighted by atomic mass is 10.0. The normalized spacial score (nSPS) is 10.9. The molecule has 2 aromatic heterocycles. The van der Waals surface area contributed by atoms with Crippen LogP contribution in [0.3, 0.4) is 0 Å². The Morgan fingerprint density at radius 3 is 2.46 bits per heavy atom. The first-order valence-electron chi connectivity index (χ1n) is 7.83. The summed E-state index contributed by atoms with van der Waals surface area (Å²) in [5, 5.41) is 3.04. The van der Waals surface area contributed by atoms with Crippen molar-refractivity contribution in [1.29, 1.82) is 0 Å². The SMILES string of the molecule is COc1cccn2c(C(=O)Nc3c(C)cc(C)cc3C)c(C)nc12. The van der Waals surface area contributed by atoms with Crippen LogP contribution >= 0.6 is 0 Å². The van der Waals surface area contributed by atoms with Gasteiger partial charge < -0.3 is 10.1 Å². The van der Waals surface area contributed by atoms with E-state index in [9.17, 15) is 4.79 Å². The molecule has 0 aliphatic heterocycles. The Morgan fingerprint density at radius 2 is 1.83 bits per heavy atom. The first-order chi connectivity index (χ1) is 11.4. The molecule has 3 aromatic rings. The summed E-state index contributed by atoms with van der Waals surface area (Å²) in [5.41, 5.74) is 5.94. The molecule has 2 heterocycles. The molecule has 124 valence electrons. The minimum atomic E-state index is -0.177. The maximum atomic E-state index is 12.9. The molecule has 0 atom stereocenters. The first kappa shape index (κ1) is 16.1. The van der Waals surface area contributed by atoms with Gasteiger partial charge in [-0.05, 0) is 51.0 Å². The number of pyridine rings is 1. The smallest absolute Gasteiger partial charge is 0.274 e. The fraction of sp³-hybridized carbons (Fsp3) is 0.263. The van der Waals surface area contributed by atoms with Crippen LogP contribution in [0.4, 0.5) is 5.69 Å². The van der Waals surface area contributed by atoms with Crippen molar-refractivity contribution in [2.45, 2.75) is 27.7 Å². The van der Waals surface area contributed by atoms with Gasteiger partial charge in [-0.25, -0.2) is 4.98 Å². The number of methoxy groups -OCH3 is 1. The Kier molecular flexibility index (Phi) is 4.01. The average Bonchev–Trinajstić information content (AvgIpc) is 2.86. The van der Waals surface area contributed by atoms with Crippen LogP contribution in [-0.4, -0.2) is 22.4 Å². The second-order valence-electron chi connectivity index (χ2n) is 6.04. The zero-order chi connectivity index (χ0) is 17.4. The van der Waals surface area contributed by atoms with E-state index in [1.165, 1.54) is 5.56 Å². The van der Waals surface area contributed by atoms with Gasteiger partial charge in [0, 0.05) is 11.9 Å². The van der Waals surface area contributed by atoms with E-state index in [2.05, 4.69) is 22.4 Å². The second-order valence-corrected chi connectivity index (χ2v) is 6.04. The number of imidazole rings is 1. The third-order valence-electron chi connectivity index (χ3n) is 4.14. The largest absolute Gasteiger partial charge is 0.493 e. The van der Waals surface area contributed by atoms with Gasteiger partial charge in [-0.3, -0.25) is 9.20 Å². The molecule has 0 fully saturated rings. The molecule has 0 saturated heterocycles. The number of anilines is 1. The summed E-state index contributed by atoms with van der Waals surface area (Å²) in [6, 6.07) is 7.80. The minimum Gasteiger partial charge on any atom is -0.493 e. The van der Waals surface area contributed by atoms with Crippen LogP contribution in [0.5, 0.6) is 5.75 Å². The Labute approximate surface area is 141 Å². The van der Waals surface area contributed by atoms with Crippen molar-refractivity contribution in [2.75, 3.05) is 12.4 Å². The zero-order valence-electron chi connectivity index (χ0n) is 14.6. The van der Waals surface area contributed by atoms with Crippen molar-refractivity contribution in [2.24, 2.45) is 0 Å². The predicted octanol–water partition coefficient (Wildman–Crippen LogP) is 3.83. The summed E-state index contributed by atoms with van der Waals surface area (Å²) in [6.07, 6.45) is 1.82. The maximum Gasteiger partial charge on any atom is 0.274 e. The quantitative estimate of drug-likeness (QED) is 0.797. The van der Waals surface area contributed by atoms with E-state index >= 15 is 0 Å². The lowest BCUT2D eigenvalue weighted by molar-refractivity contribution is 0.102. The van der Waals surface area contributed by atoms with Gasteiger partial charge >= 0.3 is 0 Å². The van der Waals surface area contributed by atoms with Gasteiger partial charge in [-0.2, -0.15) is 0 Å². The summed E-state index contributed by atoms with van der Waals surface area (Å²) < 4.78 is 7.10. The molecular formula is C19H21N3O2. The standard InChI is InChI=1S/C19H21N3O2/c1-11-9-12(2)16(13(3)10-11)21-19(23)17-14(4)20-18-15(24-5)7-6-8-22(17)18/h6-10H,1-5H3,(H,21,23).